The third kappa shape index (κ3) is 3.29. The van der Waals surface area contributed by atoms with Gasteiger partial charge in [0.2, 0.25) is 0 Å². The standard InChI is InChI=1S/C15H21N3O2/c1-4-5-6-9-16-15(19)13-10-12(17-18(13)3)14-8-7-11(2)20-14/h7-8,10H,4-6,9H2,1-3H3,(H,16,19). The smallest absolute Gasteiger partial charge is 0.269 e. The van der Waals surface area contributed by atoms with Crippen LogP contribution in [0.15, 0.2) is 22.6 Å². The van der Waals surface area contributed by atoms with E-state index in [1.807, 2.05) is 19.1 Å². The zero-order chi connectivity index (χ0) is 14.5. The van der Waals surface area contributed by atoms with Crippen LogP contribution >= 0.6 is 0 Å². The molecule has 0 spiro atoms. The van der Waals surface area contributed by atoms with E-state index in [9.17, 15) is 4.79 Å². The summed E-state index contributed by atoms with van der Waals surface area (Å²) in [5.74, 6) is 1.42. The molecule has 0 atom stereocenters. The Hall–Kier alpha value is -2.04. The Morgan fingerprint density at radius 3 is 2.85 bits per heavy atom. The van der Waals surface area contributed by atoms with Crippen LogP contribution in [0.5, 0.6) is 0 Å². The highest BCUT2D eigenvalue weighted by molar-refractivity contribution is 5.93. The number of nitrogens with zero attached hydrogens (tertiary/aromatic N) is 2. The second-order valence-corrected chi connectivity index (χ2v) is 4.91. The molecule has 0 aromatic carbocycles. The van der Waals surface area contributed by atoms with E-state index in [4.69, 9.17) is 4.42 Å². The van der Waals surface area contributed by atoms with Crippen LogP contribution in [0, 0.1) is 6.92 Å². The predicted octanol–water partition coefficient (Wildman–Crippen LogP) is 2.91. The molecule has 2 aromatic heterocycles. The molecule has 2 rings (SSSR count). The van der Waals surface area contributed by atoms with E-state index in [0.29, 0.717) is 23.7 Å². The number of aromatic nitrogens is 2. The maximum Gasteiger partial charge on any atom is 0.269 e. The van der Waals surface area contributed by atoms with Crippen LogP contribution < -0.4 is 5.32 Å². The average Bonchev–Trinajstić information content (AvgIpc) is 3.00. The number of carbonyl (C=O) groups excluding carboxylic acids is 1. The van der Waals surface area contributed by atoms with Crippen molar-refractivity contribution in [1.82, 2.24) is 15.1 Å². The Morgan fingerprint density at radius 1 is 1.40 bits per heavy atom. The minimum Gasteiger partial charge on any atom is -0.460 e. The highest BCUT2D eigenvalue weighted by Gasteiger charge is 2.15. The summed E-state index contributed by atoms with van der Waals surface area (Å²) in [5.41, 5.74) is 1.23. The van der Waals surface area contributed by atoms with Crippen molar-refractivity contribution < 1.29 is 9.21 Å². The summed E-state index contributed by atoms with van der Waals surface area (Å²) in [7, 11) is 1.76. The Morgan fingerprint density at radius 2 is 2.20 bits per heavy atom. The van der Waals surface area contributed by atoms with Gasteiger partial charge in [0, 0.05) is 19.7 Å². The highest BCUT2D eigenvalue weighted by atomic mass is 16.3. The van der Waals surface area contributed by atoms with Crippen LogP contribution in [0.3, 0.4) is 0 Å². The maximum absolute atomic E-state index is 12.1. The van der Waals surface area contributed by atoms with Crippen LogP contribution in [0.25, 0.3) is 11.5 Å². The number of nitrogens with one attached hydrogen (secondary N) is 1. The van der Waals surface area contributed by atoms with Gasteiger partial charge >= 0.3 is 0 Å². The van der Waals surface area contributed by atoms with Crippen molar-refractivity contribution in [2.45, 2.75) is 33.1 Å². The van der Waals surface area contributed by atoms with Gasteiger partial charge < -0.3 is 9.73 Å². The molecular formula is C15H21N3O2. The lowest BCUT2D eigenvalue weighted by atomic mass is 10.2. The van der Waals surface area contributed by atoms with Gasteiger partial charge in [0.1, 0.15) is 17.1 Å². The summed E-state index contributed by atoms with van der Waals surface area (Å²) in [6.07, 6.45) is 3.27. The molecule has 0 aliphatic rings. The summed E-state index contributed by atoms with van der Waals surface area (Å²) in [6.45, 7) is 4.72. The number of hydrogen-bond donors (Lipinski definition) is 1. The molecule has 0 fully saturated rings. The molecule has 20 heavy (non-hydrogen) atoms. The number of amides is 1. The molecule has 2 heterocycles. The van der Waals surface area contributed by atoms with Crippen molar-refractivity contribution in [3.63, 3.8) is 0 Å². The normalized spacial score (nSPS) is 10.8. The van der Waals surface area contributed by atoms with Crippen LogP contribution in [-0.4, -0.2) is 22.2 Å². The second kappa shape index (κ2) is 6.41. The zero-order valence-electron chi connectivity index (χ0n) is 12.3. The predicted molar refractivity (Wildman–Crippen MR) is 77.5 cm³/mol. The van der Waals surface area contributed by atoms with Crippen molar-refractivity contribution in [1.29, 1.82) is 0 Å². The van der Waals surface area contributed by atoms with Crippen molar-refractivity contribution in [3.05, 3.63) is 29.7 Å². The maximum atomic E-state index is 12.1. The first-order chi connectivity index (χ1) is 9.61. The van der Waals surface area contributed by atoms with Gasteiger partial charge in [-0.3, -0.25) is 9.48 Å². The minimum atomic E-state index is -0.0920. The van der Waals surface area contributed by atoms with Crippen molar-refractivity contribution in [3.8, 4) is 11.5 Å². The van der Waals surface area contributed by atoms with Crippen LogP contribution in [0.2, 0.25) is 0 Å². The van der Waals surface area contributed by atoms with Crippen molar-refractivity contribution >= 4 is 5.91 Å². The summed E-state index contributed by atoms with van der Waals surface area (Å²) < 4.78 is 7.11. The van der Waals surface area contributed by atoms with E-state index in [0.717, 1.165) is 25.0 Å². The molecule has 5 nitrogen and oxygen atoms in total. The van der Waals surface area contributed by atoms with Crippen molar-refractivity contribution in [2.24, 2.45) is 7.05 Å². The number of hydrogen-bond acceptors (Lipinski definition) is 3. The molecule has 0 unspecified atom stereocenters. The van der Waals surface area contributed by atoms with E-state index < -0.39 is 0 Å². The first kappa shape index (κ1) is 14.4. The van der Waals surface area contributed by atoms with Crippen LogP contribution in [0.1, 0.15) is 42.4 Å². The second-order valence-electron chi connectivity index (χ2n) is 4.91. The molecule has 0 bridgehead atoms. The van der Waals surface area contributed by atoms with E-state index in [2.05, 4.69) is 17.3 Å². The van der Waals surface area contributed by atoms with Crippen LogP contribution in [0.4, 0.5) is 0 Å². The molecule has 0 saturated heterocycles. The highest BCUT2D eigenvalue weighted by Crippen LogP contribution is 2.21. The minimum absolute atomic E-state index is 0.0920. The van der Waals surface area contributed by atoms with E-state index in [1.54, 1.807) is 17.8 Å². The Kier molecular flexibility index (Phi) is 4.61. The Bertz CT molecular complexity index is 584. The molecular weight excluding hydrogens is 254 g/mol. The number of rotatable bonds is 6. The molecule has 1 N–H and O–H groups in total. The molecule has 5 heteroatoms. The van der Waals surface area contributed by atoms with Gasteiger partial charge in [-0.2, -0.15) is 5.10 Å². The van der Waals surface area contributed by atoms with Gasteiger partial charge in [0.05, 0.1) is 0 Å². The number of carbonyl (C=O) groups is 1. The van der Waals surface area contributed by atoms with E-state index in [1.165, 1.54) is 0 Å². The molecule has 1 amide bonds. The molecule has 0 radical (unpaired) electrons. The lowest BCUT2D eigenvalue weighted by molar-refractivity contribution is 0.0943. The summed E-state index contributed by atoms with van der Waals surface area (Å²) in [4.78, 5) is 12.1. The third-order valence-corrected chi connectivity index (χ3v) is 3.17. The molecule has 0 aliphatic carbocycles. The summed E-state index contributed by atoms with van der Waals surface area (Å²) in [5, 5.41) is 7.24. The van der Waals surface area contributed by atoms with Gasteiger partial charge in [-0.15, -0.1) is 0 Å². The topological polar surface area (TPSA) is 60.1 Å². The zero-order valence-corrected chi connectivity index (χ0v) is 12.3. The van der Waals surface area contributed by atoms with Gasteiger partial charge in [0.25, 0.3) is 5.91 Å². The van der Waals surface area contributed by atoms with Crippen molar-refractivity contribution in [2.75, 3.05) is 6.54 Å². The SMILES string of the molecule is CCCCCNC(=O)c1cc(-c2ccc(C)o2)nn1C. The Balaban J connectivity index is 2.05. The van der Waals surface area contributed by atoms with Gasteiger partial charge in [-0.05, 0) is 25.5 Å². The number of unbranched alkanes of at least 4 members (excludes halogenated alkanes) is 2. The first-order valence-electron chi connectivity index (χ1n) is 7.01. The molecule has 2 aromatic rings. The van der Waals surface area contributed by atoms with Crippen LogP contribution in [-0.2, 0) is 7.05 Å². The average molecular weight is 275 g/mol. The number of aryl methyl sites for hydroxylation is 2. The van der Waals surface area contributed by atoms with E-state index >= 15 is 0 Å². The number of furan rings is 1. The molecule has 0 saturated carbocycles. The lowest BCUT2D eigenvalue weighted by Crippen LogP contribution is -2.26. The fraction of sp³-hybridized carbons (Fsp3) is 0.467. The molecule has 108 valence electrons. The van der Waals surface area contributed by atoms with Gasteiger partial charge in [-0.25, -0.2) is 0 Å². The van der Waals surface area contributed by atoms with E-state index in [-0.39, 0.29) is 5.91 Å². The van der Waals surface area contributed by atoms with Gasteiger partial charge in [0.15, 0.2) is 5.76 Å². The molecule has 0 aliphatic heterocycles. The van der Waals surface area contributed by atoms with Gasteiger partial charge in [-0.1, -0.05) is 19.8 Å². The lowest BCUT2D eigenvalue weighted by Gasteiger charge is -2.04. The first-order valence-corrected chi connectivity index (χ1v) is 7.01. The fourth-order valence-electron chi connectivity index (χ4n) is 2.04. The Labute approximate surface area is 119 Å². The summed E-state index contributed by atoms with van der Waals surface area (Å²) in [6, 6.07) is 5.50. The monoisotopic (exact) mass is 275 g/mol. The third-order valence-electron chi connectivity index (χ3n) is 3.17. The largest absolute Gasteiger partial charge is 0.460 e. The summed E-state index contributed by atoms with van der Waals surface area (Å²) >= 11 is 0. The fourth-order valence-corrected chi connectivity index (χ4v) is 2.04. The quantitative estimate of drug-likeness (QED) is 0.825.